The van der Waals surface area contributed by atoms with E-state index < -0.39 is 0 Å². The molecule has 1 amide bonds. The lowest BCUT2D eigenvalue weighted by atomic mass is 10.1. The van der Waals surface area contributed by atoms with Gasteiger partial charge in [-0.3, -0.25) is 4.79 Å². The van der Waals surface area contributed by atoms with Gasteiger partial charge < -0.3 is 9.73 Å². The second-order valence-electron chi connectivity index (χ2n) is 6.45. The molecule has 0 saturated heterocycles. The van der Waals surface area contributed by atoms with Crippen molar-refractivity contribution in [3.63, 3.8) is 0 Å². The molecule has 146 valence electrons. The van der Waals surface area contributed by atoms with Crippen LogP contribution in [0.2, 0.25) is 0 Å². The molecular weight excluding hydrogens is 400 g/mol. The summed E-state index contributed by atoms with van der Waals surface area (Å²) in [6.45, 7) is 2.40. The van der Waals surface area contributed by atoms with Crippen molar-refractivity contribution < 1.29 is 9.21 Å². The minimum absolute atomic E-state index is 0.0378. The maximum atomic E-state index is 12.5. The minimum atomic E-state index is -0.319. The first-order chi connectivity index (χ1) is 14.2. The zero-order chi connectivity index (χ0) is 20.1. The molecule has 0 fully saturated rings. The number of oxazole rings is 1. The summed E-state index contributed by atoms with van der Waals surface area (Å²) >= 11 is 2.96. The molecule has 0 aliphatic rings. The number of thioether (sulfide) groups is 1. The van der Waals surface area contributed by atoms with Crippen LogP contribution in [0.1, 0.15) is 11.8 Å². The van der Waals surface area contributed by atoms with Gasteiger partial charge in [0.25, 0.3) is 5.22 Å². The van der Waals surface area contributed by atoms with Crippen molar-refractivity contribution in [2.45, 2.75) is 23.9 Å². The van der Waals surface area contributed by atoms with Crippen molar-refractivity contribution >= 4 is 29.0 Å². The van der Waals surface area contributed by atoms with Gasteiger partial charge in [0.2, 0.25) is 5.91 Å². The van der Waals surface area contributed by atoms with Crippen molar-refractivity contribution in [2.24, 2.45) is 0 Å². The molecule has 4 nitrogen and oxygen atoms in total. The lowest BCUT2D eigenvalue weighted by Gasteiger charge is -2.09. The Morgan fingerprint density at radius 1 is 1.03 bits per heavy atom. The van der Waals surface area contributed by atoms with Gasteiger partial charge in [0.1, 0.15) is 5.69 Å². The number of carbonyl (C=O) groups is 1. The Morgan fingerprint density at radius 3 is 2.38 bits per heavy atom. The highest BCUT2D eigenvalue weighted by Gasteiger charge is 2.21. The lowest BCUT2D eigenvalue weighted by molar-refractivity contribution is -0.120. The van der Waals surface area contributed by atoms with Gasteiger partial charge in [-0.1, -0.05) is 78.5 Å². The van der Waals surface area contributed by atoms with Gasteiger partial charge >= 0.3 is 0 Å². The van der Waals surface area contributed by atoms with Crippen LogP contribution in [0.25, 0.3) is 22.6 Å². The Balaban J connectivity index is 1.54. The standard InChI is InChI=1S/C23H20N2O2S2/c1-16(22(26)24-15-19-13-8-14-28-19)29-23-25-20(17-9-4-2-5-10-17)21(27-23)18-11-6-3-7-12-18/h2-14,16H,15H2,1H3,(H,24,26)/t16-/m0/s1. The van der Waals surface area contributed by atoms with Gasteiger partial charge in [0, 0.05) is 16.0 Å². The molecule has 4 rings (SSSR count). The molecule has 0 unspecified atom stereocenters. The summed E-state index contributed by atoms with van der Waals surface area (Å²) in [5, 5.41) is 5.14. The fraction of sp³-hybridized carbons (Fsp3) is 0.130. The van der Waals surface area contributed by atoms with E-state index in [0.717, 1.165) is 21.7 Å². The van der Waals surface area contributed by atoms with Gasteiger partial charge in [-0.25, -0.2) is 4.98 Å². The molecule has 1 atom stereocenters. The van der Waals surface area contributed by atoms with Gasteiger partial charge in [0.05, 0.1) is 11.8 Å². The number of carbonyl (C=O) groups excluding carboxylic acids is 1. The number of nitrogens with one attached hydrogen (secondary N) is 1. The Kier molecular flexibility index (Phi) is 6.12. The fourth-order valence-corrected chi connectivity index (χ4v) is 4.28. The van der Waals surface area contributed by atoms with Gasteiger partial charge in [-0.15, -0.1) is 11.3 Å². The third-order valence-electron chi connectivity index (χ3n) is 4.35. The average Bonchev–Trinajstić information content (AvgIpc) is 3.43. The van der Waals surface area contributed by atoms with E-state index in [1.54, 1.807) is 11.3 Å². The zero-order valence-corrected chi connectivity index (χ0v) is 17.5. The third-order valence-corrected chi connectivity index (χ3v) is 6.17. The third kappa shape index (κ3) is 4.78. The zero-order valence-electron chi connectivity index (χ0n) is 15.9. The van der Waals surface area contributed by atoms with Crippen molar-refractivity contribution in [1.82, 2.24) is 10.3 Å². The van der Waals surface area contributed by atoms with E-state index in [0.29, 0.717) is 17.5 Å². The Hall–Kier alpha value is -2.83. The average molecular weight is 421 g/mol. The van der Waals surface area contributed by atoms with Crippen LogP contribution < -0.4 is 5.32 Å². The molecule has 0 spiro atoms. The first kappa shape index (κ1) is 19.5. The highest BCUT2D eigenvalue weighted by atomic mass is 32.2. The van der Waals surface area contributed by atoms with Crippen molar-refractivity contribution in [2.75, 3.05) is 0 Å². The molecule has 0 radical (unpaired) electrons. The van der Waals surface area contributed by atoms with E-state index in [4.69, 9.17) is 9.40 Å². The number of nitrogens with zero attached hydrogens (tertiary/aromatic N) is 1. The van der Waals surface area contributed by atoms with E-state index in [9.17, 15) is 4.79 Å². The van der Waals surface area contributed by atoms with Crippen LogP contribution in [0.3, 0.4) is 0 Å². The minimum Gasteiger partial charge on any atom is -0.431 e. The Morgan fingerprint density at radius 2 is 1.72 bits per heavy atom. The van der Waals surface area contributed by atoms with Gasteiger partial charge in [-0.05, 0) is 18.4 Å². The van der Waals surface area contributed by atoms with Crippen LogP contribution in [-0.4, -0.2) is 16.1 Å². The first-order valence-electron chi connectivity index (χ1n) is 9.29. The molecular formula is C23H20N2O2S2. The molecule has 0 aliphatic heterocycles. The van der Waals surface area contributed by atoms with E-state index in [-0.39, 0.29) is 11.2 Å². The van der Waals surface area contributed by atoms with E-state index in [2.05, 4.69) is 5.32 Å². The second kappa shape index (κ2) is 9.11. The predicted molar refractivity (Wildman–Crippen MR) is 119 cm³/mol. The van der Waals surface area contributed by atoms with Crippen LogP contribution in [-0.2, 0) is 11.3 Å². The van der Waals surface area contributed by atoms with Crippen LogP contribution in [0.15, 0.2) is 87.8 Å². The monoisotopic (exact) mass is 420 g/mol. The topological polar surface area (TPSA) is 55.1 Å². The summed E-state index contributed by atoms with van der Waals surface area (Å²) in [4.78, 5) is 18.3. The number of rotatable bonds is 7. The smallest absolute Gasteiger partial charge is 0.257 e. The maximum absolute atomic E-state index is 12.5. The fourth-order valence-electron chi connectivity index (χ4n) is 2.86. The van der Waals surface area contributed by atoms with Crippen LogP contribution >= 0.6 is 23.1 Å². The number of hydrogen-bond donors (Lipinski definition) is 1. The maximum Gasteiger partial charge on any atom is 0.257 e. The molecule has 0 bridgehead atoms. The first-order valence-corrected chi connectivity index (χ1v) is 11.0. The van der Waals surface area contributed by atoms with Gasteiger partial charge in [0.15, 0.2) is 5.76 Å². The molecule has 2 aromatic carbocycles. The SMILES string of the molecule is C[C@H](Sc1nc(-c2ccccc2)c(-c2ccccc2)o1)C(=O)NCc1cccs1. The number of benzene rings is 2. The Labute approximate surface area is 178 Å². The summed E-state index contributed by atoms with van der Waals surface area (Å²) in [5.74, 6) is 0.676. The summed E-state index contributed by atoms with van der Waals surface area (Å²) in [6.07, 6.45) is 0. The normalized spacial score (nSPS) is 11.9. The molecule has 1 N–H and O–H groups in total. The molecule has 6 heteroatoms. The molecule has 29 heavy (non-hydrogen) atoms. The number of amides is 1. The van der Waals surface area contributed by atoms with Gasteiger partial charge in [-0.2, -0.15) is 0 Å². The molecule has 0 aliphatic carbocycles. The lowest BCUT2D eigenvalue weighted by Crippen LogP contribution is -2.30. The second-order valence-corrected chi connectivity index (χ2v) is 8.77. The molecule has 0 saturated carbocycles. The summed E-state index contributed by atoms with van der Waals surface area (Å²) in [7, 11) is 0. The number of hydrogen-bond acceptors (Lipinski definition) is 5. The summed E-state index contributed by atoms with van der Waals surface area (Å²) in [5.41, 5.74) is 2.72. The van der Waals surface area contributed by atoms with Crippen LogP contribution in [0.5, 0.6) is 0 Å². The van der Waals surface area contributed by atoms with Crippen molar-refractivity contribution in [3.05, 3.63) is 83.1 Å². The largest absolute Gasteiger partial charge is 0.431 e. The van der Waals surface area contributed by atoms with Crippen LogP contribution in [0.4, 0.5) is 0 Å². The highest BCUT2D eigenvalue weighted by molar-refractivity contribution is 8.00. The molecule has 4 aromatic rings. The molecule has 2 heterocycles. The predicted octanol–water partition coefficient (Wildman–Crippen LogP) is 5.87. The van der Waals surface area contributed by atoms with Crippen LogP contribution in [0, 0.1) is 0 Å². The quantitative estimate of drug-likeness (QED) is 0.380. The molecule has 2 aromatic heterocycles. The summed E-state index contributed by atoms with van der Waals surface area (Å²) < 4.78 is 6.10. The van der Waals surface area contributed by atoms with E-state index in [1.165, 1.54) is 11.8 Å². The number of aromatic nitrogens is 1. The Bertz CT molecular complexity index is 1000. The summed E-state index contributed by atoms with van der Waals surface area (Å²) in [6, 6.07) is 23.9. The van der Waals surface area contributed by atoms with E-state index in [1.807, 2.05) is 85.1 Å². The highest BCUT2D eigenvalue weighted by Crippen LogP contribution is 2.36. The van der Waals surface area contributed by atoms with Crippen molar-refractivity contribution in [3.8, 4) is 22.6 Å². The number of thiophene rings is 1. The van der Waals surface area contributed by atoms with E-state index >= 15 is 0 Å². The van der Waals surface area contributed by atoms with Crippen molar-refractivity contribution in [1.29, 1.82) is 0 Å².